The Morgan fingerprint density at radius 3 is 2.35 bits per heavy atom. The summed E-state index contributed by atoms with van der Waals surface area (Å²) in [7, 11) is 36.7. The number of rotatable bonds is 1. The van der Waals surface area contributed by atoms with E-state index in [0.717, 1.165) is 0 Å². The molecule has 1 aromatic heterocycles. The van der Waals surface area contributed by atoms with Gasteiger partial charge in [0.05, 0.1) is 53.0 Å². The van der Waals surface area contributed by atoms with Gasteiger partial charge in [-0.1, -0.05) is 22.0 Å². The van der Waals surface area contributed by atoms with Gasteiger partial charge < -0.3 is 10.7 Å². The molecule has 1 amide bonds. The van der Waals surface area contributed by atoms with Gasteiger partial charge in [0, 0.05) is 21.6 Å². The van der Waals surface area contributed by atoms with Crippen LogP contribution >= 0.6 is 11.6 Å². The molecule has 0 unspecified atom stereocenters. The minimum absolute atomic E-state index is 0.288. The van der Waals surface area contributed by atoms with Crippen molar-refractivity contribution in [1.82, 2.24) is 4.98 Å². The van der Waals surface area contributed by atoms with E-state index in [9.17, 15) is 4.79 Å². The molecule has 1 aliphatic rings. The van der Waals surface area contributed by atoms with Crippen molar-refractivity contribution in [1.29, 1.82) is 0 Å². The highest BCUT2D eigenvalue weighted by Gasteiger charge is 2.57. The third-order valence-electron chi connectivity index (χ3n) is 4.66. The average Bonchev–Trinajstić information content (AvgIpc) is 2.74. The summed E-state index contributed by atoms with van der Waals surface area (Å²) in [6.07, 6.45) is 0. The van der Waals surface area contributed by atoms with Crippen LogP contribution < -0.4 is 5.73 Å². The van der Waals surface area contributed by atoms with Crippen LogP contribution in [0, 0.1) is 0 Å². The number of carbonyl (C=O) groups excluding carboxylic acids is 1. The van der Waals surface area contributed by atoms with Crippen molar-refractivity contribution in [3.63, 3.8) is 0 Å². The largest absolute Gasteiger partial charge is 0.369 e. The van der Waals surface area contributed by atoms with E-state index in [-0.39, 0.29) is 5.69 Å². The zero-order chi connectivity index (χ0) is 17.4. The van der Waals surface area contributed by atoms with E-state index in [1.807, 2.05) is 0 Å². The maximum absolute atomic E-state index is 12.0. The van der Waals surface area contributed by atoms with Gasteiger partial charge in [-0.05, 0) is 23.8 Å². The molecule has 0 saturated heterocycles. The first-order chi connectivity index (χ1) is 10.4. The van der Waals surface area contributed by atoms with Crippen molar-refractivity contribution >= 4 is 75.5 Å². The molecule has 12 radical (unpaired) electrons. The van der Waals surface area contributed by atoms with Crippen LogP contribution in [0.4, 0.5) is 0 Å². The van der Waals surface area contributed by atoms with Gasteiger partial charge in [0.1, 0.15) is 0 Å². The minimum Gasteiger partial charge on any atom is -0.369 e. The van der Waals surface area contributed by atoms with Gasteiger partial charge in [-0.25, -0.2) is 0 Å². The quantitative estimate of drug-likeness (QED) is 0.704. The fourth-order valence-electron chi connectivity index (χ4n) is 3.27. The van der Waals surface area contributed by atoms with Gasteiger partial charge in [0.15, 0.2) is 0 Å². The van der Waals surface area contributed by atoms with Crippen LogP contribution in [0.2, 0.25) is 15.5 Å². The second-order valence-corrected chi connectivity index (χ2v) is 6.55. The highest BCUT2D eigenvalue weighted by molar-refractivity contribution is 6.63. The monoisotopic (exact) mass is 308 g/mol. The van der Waals surface area contributed by atoms with Gasteiger partial charge in [-0.15, -0.1) is 5.21 Å². The van der Waals surface area contributed by atoms with Gasteiger partial charge >= 0.3 is 0 Å². The Balaban J connectivity index is 2.48. The normalized spacial score (nSPS) is 24.1. The molecule has 1 heterocycles. The average molecular weight is 308 g/mol. The molecule has 100 valence electrons. The predicted octanol–water partition coefficient (Wildman–Crippen LogP) is -0.200. The van der Waals surface area contributed by atoms with E-state index in [4.69, 9.17) is 64.4 Å². The number of halogens is 1. The lowest BCUT2D eigenvalue weighted by Gasteiger charge is -2.61. The molecular formula is C13H7B6ClN2O. The molecule has 0 saturated carbocycles. The Morgan fingerprint density at radius 2 is 1.78 bits per heavy atom. The fourth-order valence-corrected chi connectivity index (χ4v) is 3.44. The highest BCUT2D eigenvalue weighted by atomic mass is 35.5. The van der Waals surface area contributed by atoms with Gasteiger partial charge in [-0.2, -0.15) is 0 Å². The zero-order valence-corrected chi connectivity index (χ0v) is 12.9. The van der Waals surface area contributed by atoms with E-state index in [2.05, 4.69) is 4.98 Å². The molecule has 1 atom stereocenters. The van der Waals surface area contributed by atoms with Crippen molar-refractivity contribution in [3.05, 3.63) is 34.5 Å². The molecule has 1 aliphatic carbocycles. The number of aromatic amines is 1. The molecule has 0 spiro atoms. The zero-order valence-electron chi connectivity index (χ0n) is 12.1. The summed E-state index contributed by atoms with van der Waals surface area (Å²) in [5, 5.41) is -4.81. The standard InChI is InChI=1S/C13H7B6ClN2O/c14-11(15)7-5-3-4(20)1-2-6(5)22-9(7)8(10(21)23)12(16,17)13(11,18)19/h1-3,8,22H,(H2,21,23)/t8-/m0/s1. The molecule has 23 heavy (non-hydrogen) atoms. The number of benzene rings is 1. The first kappa shape index (κ1) is 16.8. The third kappa shape index (κ3) is 1.95. The summed E-state index contributed by atoms with van der Waals surface area (Å²) < 4.78 is 0. The predicted molar refractivity (Wildman–Crippen MR) is 96.8 cm³/mol. The van der Waals surface area contributed by atoms with Crippen LogP contribution in [0.15, 0.2) is 18.2 Å². The lowest BCUT2D eigenvalue weighted by Crippen LogP contribution is -2.58. The number of nitrogens with one attached hydrogen (secondary N) is 1. The first-order valence-corrected chi connectivity index (χ1v) is 7.15. The van der Waals surface area contributed by atoms with Crippen molar-refractivity contribution in [2.24, 2.45) is 5.73 Å². The number of primary amides is 1. The number of hydrogen-bond donors (Lipinski definition) is 2. The molecule has 0 fully saturated rings. The van der Waals surface area contributed by atoms with Gasteiger partial charge in [-0.3, -0.25) is 4.79 Å². The van der Waals surface area contributed by atoms with Crippen LogP contribution in [0.1, 0.15) is 17.2 Å². The molecule has 1 aromatic carbocycles. The van der Waals surface area contributed by atoms with E-state index in [0.29, 0.717) is 21.5 Å². The lowest BCUT2D eigenvalue weighted by molar-refractivity contribution is -0.120. The highest BCUT2D eigenvalue weighted by Crippen LogP contribution is 2.65. The van der Waals surface area contributed by atoms with E-state index < -0.39 is 27.5 Å². The maximum Gasteiger partial charge on any atom is 0.225 e. The lowest BCUT2D eigenvalue weighted by atomic mass is 9.13. The Bertz CT molecular complexity index is 831. The number of hydrogen-bond acceptors (Lipinski definition) is 1. The van der Waals surface area contributed by atoms with Crippen molar-refractivity contribution < 1.29 is 4.79 Å². The summed E-state index contributed by atoms with van der Waals surface area (Å²) in [6, 6.07) is 5.00. The maximum atomic E-state index is 12.0. The topological polar surface area (TPSA) is 58.9 Å². The SMILES string of the molecule is [B]C1([B])c2c([nH]c3ccc(Cl)cc23)[C@@H](C(N)=O)C([B])([B])C1([B])[B]. The Hall–Kier alpha value is -1.09. The third-order valence-corrected chi connectivity index (χ3v) is 4.89. The number of nitrogens with two attached hydrogens (primary N) is 1. The van der Waals surface area contributed by atoms with Crippen LogP contribution in [0.3, 0.4) is 0 Å². The summed E-state index contributed by atoms with van der Waals surface area (Å²) in [4.78, 5) is 15.0. The van der Waals surface area contributed by atoms with E-state index >= 15 is 0 Å². The van der Waals surface area contributed by atoms with E-state index in [1.165, 1.54) is 0 Å². The summed E-state index contributed by atoms with van der Waals surface area (Å²) in [6.45, 7) is 0. The minimum atomic E-state index is -2.02. The van der Waals surface area contributed by atoms with Crippen LogP contribution in [0.25, 0.3) is 10.9 Å². The second-order valence-electron chi connectivity index (χ2n) is 6.11. The fraction of sp³-hybridized carbons (Fsp3) is 0.308. The number of amides is 1. The number of fused-ring (bicyclic) bond motifs is 3. The van der Waals surface area contributed by atoms with Crippen LogP contribution in [-0.2, 0) is 10.0 Å². The summed E-state index contributed by atoms with van der Waals surface area (Å²) >= 11 is 6.04. The molecule has 3 N–H and O–H groups in total. The van der Waals surface area contributed by atoms with Crippen LogP contribution in [0.5, 0.6) is 0 Å². The van der Waals surface area contributed by atoms with Crippen molar-refractivity contribution in [2.45, 2.75) is 21.6 Å². The van der Waals surface area contributed by atoms with Crippen molar-refractivity contribution in [3.8, 4) is 0 Å². The molecule has 2 aromatic rings. The Morgan fingerprint density at radius 1 is 1.17 bits per heavy atom. The van der Waals surface area contributed by atoms with Gasteiger partial charge in [0.2, 0.25) is 5.91 Å². The summed E-state index contributed by atoms with van der Waals surface area (Å²) in [5.74, 6) is -2.01. The van der Waals surface area contributed by atoms with Crippen molar-refractivity contribution in [2.75, 3.05) is 0 Å². The molecule has 3 nitrogen and oxygen atoms in total. The van der Waals surface area contributed by atoms with E-state index in [1.54, 1.807) is 18.2 Å². The number of aromatic nitrogens is 1. The smallest absolute Gasteiger partial charge is 0.225 e. The number of H-pyrrole nitrogens is 1. The molecule has 3 rings (SSSR count). The Labute approximate surface area is 147 Å². The second kappa shape index (κ2) is 4.72. The summed E-state index contributed by atoms with van der Waals surface area (Å²) in [5.41, 5.74) is 6.71. The first-order valence-electron chi connectivity index (χ1n) is 6.77. The molecule has 0 bridgehead atoms. The number of carbonyl (C=O) groups is 1. The van der Waals surface area contributed by atoms with Crippen LogP contribution in [-0.4, -0.2) is 58.0 Å². The molecular weight excluding hydrogens is 300 g/mol. The Kier molecular flexibility index (Phi) is 3.44. The molecule has 0 aliphatic heterocycles. The van der Waals surface area contributed by atoms with Gasteiger partial charge in [0.25, 0.3) is 0 Å². The molecule has 10 heteroatoms.